The molecular weight excluding hydrogens is 220 g/mol. The highest BCUT2D eigenvalue weighted by molar-refractivity contribution is 5.93. The molecule has 3 rings (SSSR count). The highest BCUT2D eigenvalue weighted by Crippen LogP contribution is 2.41. The summed E-state index contributed by atoms with van der Waals surface area (Å²) < 4.78 is 0. The number of pyridine rings is 1. The van der Waals surface area contributed by atoms with Gasteiger partial charge < -0.3 is 5.32 Å². The van der Waals surface area contributed by atoms with Crippen LogP contribution in [0.25, 0.3) is 10.9 Å². The van der Waals surface area contributed by atoms with Crippen molar-refractivity contribution in [3.05, 3.63) is 35.5 Å². The highest BCUT2D eigenvalue weighted by atomic mass is 14.9. The molecule has 0 atom stereocenters. The third-order valence-corrected chi connectivity index (χ3v) is 3.62. The van der Waals surface area contributed by atoms with Crippen LogP contribution in [-0.4, -0.2) is 11.5 Å². The molecule has 1 aromatic carbocycles. The number of nitrogens with one attached hydrogen (secondary N) is 1. The van der Waals surface area contributed by atoms with Crippen LogP contribution < -0.4 is 5.32 Å². The average Bonchev–Trinajstić information content (AvgIpc) is 3.21. The molecule has 2 nitrogen and oxygen atoms in total. The van der Waals surface area contributed by atoms with Crippen LogP contribution in [0.5, 0.6) is 0 Å². The Morgan fingerprint density at radius 3 is 2.89 bits per heavy atom. The van der Waals surface area contributed by atoms with Gasteiger partial charge in [0, 0.05) is 29.2 Å². The molecule has 0 unspecified atom stereocenters. The first-order valence-electron chi connectivity index (χ1n) is 6.93. The second kappa shape index (κ2) is 4.60. The predicted molar refractivity (Wildman–Crippen MR) is 77.2 cm³/mol. The number of fused-ring (bicyclic) bond motifs is 1. The van der Waals surface area contributed by atoms with E-state index in [1.54, 1.807) is 0 Å². The minimum Gasteiger partial charge on any atom is -0.384 e. The van der Waals surface area contributed by atoms with Gasteiger partial charge in [0.05, 0.1) is 5.52 Å². The Kier molecular flexibility index (Phi) is 2.94. The van der Waals surface area contributed by atoms with Crippen LogP contribution in [0.1, 0.15) is 43.4 Å². The number of anilines is 1. The minimum atomic E-state index is 0.705. The van der Waals surface area contributed by atoms with Crippen molar-refractivity contribution in [2.75, 3.05) is 11.9 Å². The van der Waals surface area contributed by atoms with Crippen LogP contribution in [0, 0.1) is 6.92 Å². The third kappa shape index (κ3) is 2.07. The maximum Gasteiger partial charge on any atom is 0.0755 e. The first kappa shape index (κ1) is 11.5. The van der Waals surface area contributed by atoms with E-state index < -0.39 is 0 Å². The van der Waals surface area contributed by atoms with E-state index in [4.69, 9.17) is 4.98 Å². The molecule has 1 aliphatic rings. The summed E-state index contributed by atoms with van der Waals surface area (Å²) in [7, 11) is 0. The molecule has 18 heavy (non-hydrogen) atoms. The van der Waals surface area contributed by atoms with E-state index in [1.807, 2.05) is 0 Å². The van der Waals surface area contributed by atoms with Gasteiger partial charge in [-0.2, -0.15) is 0 Å². The molecule has 1 N–H and O–H groups in total. The van der Waals surface area contributed by atoms with Crippen molar-refractivity contribution in [3.8, 4) is 0 Å². The molecule has 0 bridgehead atoms. The van der Waals surface area contributed by atoms with Crippen molar-refractivity contribution in [1.29, 1.82) is 0 Å². The average molecular weight is 240 g/mol. The maximum atomic E-state index is 4.87. The van der Waals surface area contributed by atoms with E-state index in [-0.39, 0.29) is 0 Å². The predicted octanol–water partition coefficient (Wildman–Crippen LogP) is 4.24. The number of para-hydroxylation sites is 1. The lowest BCUT2D eigenvalue weighted by Crippen LogP contribution is -2.02. The van der Waals surface area contributed by atoms with Crippen LogP contribution in [0.4, 0.5) is 5.69 Å². The Balaban J connectivity index is 2.14. The second-order valence-corrected chi connectivity index (χ2v) is 5.27. The van der Waals surface area contributed by atoms with E-state index in [9.17, 15) is 0 Å². The summed E-state index contributed by atoms with van der Waals surface area (Å²) in [5, 5.41) is 4.80. The summed E-state index contributed by atoms with van der Waals surface area (Å²) in [6.07, 6.45) is 3.75. The second-order valence-electron chi connectivity index (χ2n) is 5.27. The zero-order valence-corrected chi connectivity index (χ0v) is 11.2. The van der Waals surface area contributed by atoms with E-state index in [0.717, 1.165) is 13.0 Å². The Morgan fingerprint density at radius 2 is 2.17 bits per heavy atom. The SMILES string of the molecule is CCCNc1cc(C2CC2)nc2c(C)cccc12. The molecule has 1 saturated carbocycles. The molecule has 2 aromatic rings. The topological polar surface area (TPSA) is 24.9 Å². The third-order valence-electron chi connectivity index (χ3n) is 3.62. The largest absolute Gasteiger partial charge is 0.384 e. The molecule has 0 aliphatic heterocycles. The zero-order chi connectivity index (χ0) is 12.5. The Hall–Kier alpha value is -1.57. The van der Waals surface area contributed by atoms with Gasteiger partial charge in [-0.25, -0.2) is 0 Å². The number of aryl methyl sites for hydroxylation is 1. The standard InChI is InChI=1S/C16H20N2/c1-3-9-17-15-10-14(12-7-8-12)18-16-11(2)5-4-6-13(15)16/h4-6,10,12H,3,7-9H2,1-2H3,(H,17,18). The molecule has 1 aromatic heterocycles. The number of benzene rings is 1. The molecule has 2 heteroatoms. The Labute approximate surface area is 108 Å². The Bertz CT molecular complexity index is 571. The van der Waals surface area contributed by atoms with Crippen LogP contribution >= 0.6 is 0 Å². The first-order chi connectivity index (χ1) is 8.79. The van der Waals surface area contributed by atoms with Crippen LogP contribution in [0.3, 0.4) is 0 Å². The first-order valence-corrected chi connectivity index (χ1v) is 6.93. The summed E-state index contributed by atoms with van der Waals surface area (Å²) in [6, 6.07) is 8.70. The smallest absolute Gasteiger partial charge is 0.0755 e. The Morgan fingerprint density at radius 1 is 1.33 bits per heavy atom. The molecule has 0 radical (unpaired) electrons. The van der Waals surface area contributed by atoms with Crippen molar-refractivity contribution in [3.63, 3.8) is 0 Å². The summed E-state index contributed by atoms with van der Waals surface area (Å²) in [6.45, 7) is 5.37. The van der Waals surface area contributed by atoms with Gasteiger partial charge in [-0.1, -0.05) is 25.1 Å². The summed E-state index contributed by atoms with van der Waals surface area (Å²) in [4.78, 5) is 4.87. The lowest BCUT2D eigenvalue weighted by atomic mass is 10.1. The van der Waals surface area contributed by atoms with Gasteiger partial charge in [0.15, 0.2) is 0 Å². The van der Waals surface area contributed by atoms with E-state index >= 15 is 0 Å². The molecule has 0 saturated heterocycles. The number of nitrogens with zero attached hydrogens (tertiary/aromatic N) is 1. The fraction of sp³-hybridized carbons (Fsp3) is 0.438. The quantitative estimate of drug-likeness (QED) is 0.864. The van der Waals surface area contributed by atoms with E-state index in [1.165, 1.54) is 40.7 Å². The molecule has 0 amide bonds. The van der Waals surface area contributed by atoms with Gasteiger partial charge in [-0.3, -0.25) is 4.98 Å². The molecule has 0 spiro atoms. The molecule has 1 fully saturated rings. The lowest BCUT2D eigenvalue weighted by molar-refractivity contribution is 0.976. The molecular formula is C16H20N2. The summed E-state index contributed by atoms with van der Waals surface area (Å²) >= 11 is 0. The number of aromatic nitrogens is 1. The van der Waals surface area contributed by atoms with Crippen molar-refractivity contribution in [2.45, 2.75) is 39.0 Å². The van der Waals surface area contributed by atoms with Crippen LogP contribution in [0.2, 0.25) is 0 Å². The number of rotatable bonds is 4. The van der Waals surface area contributed by atoms with Gasteiger partial charge in [-0.05, 0) is 37.8 Å². The number of hydrogen-bond donors (Lipinski definition) is 1. The van der Waals surface area contributed by atoms with Gasteiger partial charge in [0.25, 0.3) is 0 Å². The summed E-state index contributed by atoms with van der Waals surface area (Å²) in [5.41, 5.74) is 4.97. The normalized spacial score (nSPS) is 15.0. The molecule has 94 valence electrons. The molecule has 1 aliphatic carbocycles. The van der Waals surface area contributed by atoms with E-state index in [2.05, 4.69) is 43.4 Å². The fourth-order valence-corrected chi connectivity index (χ4v) is 2.41. The van der Waals surface area contributed by atoms with Crippen molar-refractivity contribution >= 4 is 16.6 Å². The van der Waals surface area contributed by atoms with Crippen molar-refractivity contribution in [2.24, 2.45) is 0 Å². The summed E-state index contributed by atoms with van der Waals surface area (Å²) in [5.74, 6) is 0.705. The van der Waals surface area contributed by atoms with Gasteiger partial charge in [0.1, 0.15) is 0 Å². The van der Waals surface area contributed by atoms with Gasteiger partial charge in [-0.15, -0.1) is 0 Å². The van der Waals surface area contributed by atoms with Crippen molar-refractivity contribution < 1.29 is 0 Å². The van der Waals surface area contributed by atoms with E-state index in [0.29, 0.717) is 5.92 Å². The maximum absolute atomic E-state index is 4.87. The van der Waals surface area contributed by atoms with Crippen molar-refractivity contribution in [1.82, 2.24) is 4.98 Å². The monoisotopic (exact) mass is 240 g/mol. The van der Waals surface area contributed by atoms with Crippen LogP contribution in [-0.2, 0) is 0 Å². The number of hydrogen-bond acceptors (Lipinski definition) is 2. The fourth-order valence-electron chi connectivity index (χ4n) is 2.41. The van der Waals surface area contributed by atoms with Gasteiger partial charge >= 0.3 is 0 Å². The van der Waals surface area contributed by atoms with Gasteiger partial charge in [0.2, 0.25) is 0 Å². The highest BCUT2D eigenvalue weighted by Gasteiger charge is 2.26. The minimum absolute atomic E-state index is 0.705. The zero-order valence-electron chi connectivity index (χ0n) is 11.2. The lowest BCUT2D eigenvalue weighted by Gasteiger charge is -2.12. The molecule has 1 heterocycles. The van der Waals surface area contributed by atoms with Crippen LogP contribution in [0.15, 0.2) is 24.3 Å².